The van der Waals surface area contributed by atoms with Crippen molar-refractivity contribution in [2.24, 2.45) is 0 Å². The lowest BCUT2D eigenvalue weighted by Crippen LogP contribution is -2.21. The number of carbonyl (C=O) groups is 1. The molecular weight excluding hydrogens is 484 g/mol. The Balaban J connectivity index is 1.51. The van der Waals surface area contributed by atoms with E-state index in [9.17, 15) is 15.0 Å². The maximum atomic E-state index is 13.4. The molecule has 0 saturated heterocycles. The second-order valence-corrected chi connectivity index (χ2v) is 9.97. The molecule has 1 atom stereocenters. The van der Waals surface area contributed by atoms with Crippen molar-refractivity contribution >= 4 is 61.4 Å². The molecule has 0 saturated carbocycles. The summed E-state index contributed by atoms with van der Waals surface area (Å²) in [5.41, 5.74) is 4.57. The van der Waals surface area contributed by atoms with Crippen molar-refractivity contribution in [3.63, 3.8) is 0 Å². The van der Waals surface area contributed by atoms with Crippen LogP contribution in [0.2, 0.25) is 0 Å². The molecule has 1 aliphatic carbocycles. The Morgan fingerprint density at radius 3 is 2.15 bits per heavy atom. The number of benzene rings is 6. The average Bonchev–Trinajstić information content (AvgIpc) is 2.98. The van der Waals surface area contributed by atoms with Gasteiger partial charge in [-0.25, -0.2) is 0 Å². The number of amides is 1. The van der Waals surface area contributed by atoms with Crippen LogP contribution in [-0.2, 0) is 6.61 Å². The number of rotatable bonds is 5. The molecule has 0 fully saturated rings. The maximum Gasteiger partial charge on any atom is 0.256 e. The zero-order valence-electron chi connectivity index (χ0n) is 21.1. The molecule has 0 heterocycles. The Morgan fingerprint density at radius 2 is 1.41 bits per heavy atom. The Bertz CT molecular complexity index is 1950. The number of para-hydroxylation sites is 2. The second-order valence-electron chi connectivity index (χ2n) is 9.97. The summed E-state index contributed by atoms with van der Waals surface area (Å²) in [4.78, 5) is 13.4. The molecule has 1 amide bonds. The third kappa shape index (κ3) is 3.75. The van der Waals surface area contributed by atoms with Gasteiger partial charge in [-0.05, 0) is 80.5 Å². The minimum absolute atomic E-state index is 0.0852. The molecular formula is C34H26N2O3. The number of fused-ring (bicyclic) bond motifs is 2. The molecule has 39 heavy (non-hydrogen) atoms. The molecule has 6 aromatic rings. The van der Waals surface area contributed by atoms with Gasteiger partial charge in [0.25, 0.3) is 5.91 Å². The van der Waals surface area contributed by atoms with Gasteiger partial charge in [0.05, 0.1) is 12.7 Å². The van der Waals surface area contributed by atoms with Gasteiger partial charge in [0, 0.05) is 33.6 Å². The molecule has 6 aromatic carbocycles. The van der Waals surface area contributed by atoms with Crippen molar-refractivity contribution in [2.45, 2.75) is 19.1 Å². The third-order valence-electron chi connectivity index (χ3n) is 7.72. The number of anilines is 3. The standard InChI is InChI=1S/C34H26N2O3/c37-19-20-11-12-23-26-16-18-29(38)33-27(34(39)36-22-9-5-2-6-10-22)14-13-24(32(26)33)25-15-17-28(30(20)31(23)25)35-21-7-3-1-4-8-21/h1-17,29,35,37-38H,18-19H2,(H,36,39). The molecule has 5 heteroatoms. The van der Waals surface area contributed by atoms with Gasteiger partial charge < -0.3 is 20.8 Å². The first kappa shape index (κ1) is 23.4. The molecule has 1 unspecified atom stereocenters. The van der Waals surface area contributed by atoms with Gasteiger partial charge in [0.2, 0.25) is 0 Å². The van der Waals surface area contributed by atoms with Crippen LogP contribution in [0.3, 0.4) is 0 Å². The molecule has 1 aliphatic rings. The zero-order valence-corrected chi connectivity index (χ0v) is 21.1. The Labute approximate surface area is 225 Å². The SMILES string of the molecule is O=C(Nc1ccccc1)c1ccc2c3c1C(O)CC=c3c1ccc(CO)c3c(Nc4ccccc4)ccc2c31. The van der Waals surface area contributed by atoms with Crippen LogP contribution in [0.4, 0.5) is 17.1 Å². The molecule has 0 radical (unpaired) electrons. The van der Waals surface area contributed by atoms with Crippen LogP contribution in [0.1, 0.15) is 34.0 Å². The van der Waals surface area contributed by atoms with E-state index < -0.39 is 6.10 Å². The summed E-state index contributed by atoms with van der Waals surface area (Å²) in [6.45, 7) is -0.0852. The molecule has 5 nitrogen and oxygen atoms in total. The van der Waals surface area contributed by atoms with Crippen molar-refractivity contribution in [2.75, 3.05) is 10.6 Å². The van der Waals surface area contributed by atoms with Crippen molar-refractivity contribution in [3.8, 4) is 0 Å². The topological polar surface area (TPSA) is 81.6 Å². The first-order chi connectivity index (χ1) is 19.1. The van der Waals surface area contributed by atoms with Crippen LogP contribution < -0.4 is 15.9 Å². The number of hydrogen-bond donors (Lipinski definition) is 4. The lowest BCUT2D eigenvalue weighted by atomic mass is 9.83. The van der Waals surface area contributed by atoms with Gasteiger partial charge >= 0.3 is 0 Å². The summed E-state index contributed by atoms with van der Waals surface area (Å²) in [5.74, 6) is -0.242. The molecule has 190 valence electrons. The quantitative estimate of drug-likeness (QED) is 0.156. The maximum absolute atomic E-state index is 13.4. The normalized spacial score (nSPS) is 14.5. The first-order valence-electron chi connectivity index (χ1n) is 13.1. The smallest absolute Gasteiger partial charge is 0.256 e. The molecule has 4 N–H and O–H groups in total. The van der Waals surface area contributed by atoms with Crippen molar-refractivity contribution in [1.82, 2.24) is 0 Å². The van der Waals surface area contributed by atoms with Gasteiger partial charge in [-0.2, -0.15) is 0 Å². The number of hydrogen-bond acceptors (Lipinski definition) is 4. The van der Waals surface area contributed by atoms with Crippen LogP contribution in [0, 0.1) is 0 Å². The predicted octanol–water partition coefficient (Wildman–Crippen LogP) is 6.57. The lowest BCUT2D eigenvalue weighted by Gasteiger charge is -2.24. The fourth-order valence-electron chi connectivity index (χ4n) is 6.02. The minimum atomic E-state index is -0.784. The van der Waals surface area contributed by atoms with E-state index in [-0.39, 0.29) is 12.5 Å². The third-order valence-corrected chi connectivity index (χ3v) is 7.72. The van der Waals surface area contributed by atoms with E-state index >= 15 is 0 Å². The molecule has 0 aromatic heterocycles. The highest BCUT2D eigenvalue weighted by Gasteiger charge is 2.26. The van der Waals surface area contributed by atoms with Crippen LogP contribution in [0.5, 0.6) is 0 Å². The number of carbonyl (C=O) groups excluding carboxylic acids is 1. The summed E-state index contributed by atoms with van der Waals surface area (Å²) in [6, 6.07) is 31.3. The second kappa shape index (κ2) is 9.24. The van der Waals surface area contributed by atoms with Gasteiger partial charge in [-0.15, -0.1) is 0 Å². The zero-order chi connectivity index (χ0) is 26.5. The Morgan fingerprint density at radius 1 is 0.744 bits per heavy atom. The van der Waals surface area contributed by atoms with Gasteiger partial charge in [0.15, 0.2) is 0 Å². The van der Waals surface area contributed by atoms with E-state index in [0.717, 1.165) is 54.5 Å². The molecule has 0 bridgehead atoms. The van der Waals surface area contributed by atoms with Gasteiger partial charge in [-0.1, -0.05) is 66.7 Å². The monoisotopic (exact) mass is 510 g/mol. The summed E-state index contributed by atoms with van der Waals surface area (Å²) < 4.78 is 0. The van der Waals surface area contributed by atoms with Crippen molar-refractivity contribution in [3.05, 3.63) is 119 Å². The van der Waals surface area contributed by atoms with E-state index in [1.54, 1.807) is 0 Å². The van der Waals surface area contributed by atoms with Crippen LogP contribution >= 0.6 is 0 Å². The van der Waals surface area contributed by atoms with Crippen LogP contribution in [0.15, 0.2) is 97.1 Å². The Hall–Kier alpha value is -4.71. The number of aliphatic hydroxyl groups excluding tert-OH is 2. The molecule has 7 rings (SSSR count). The van der Waals surface area contributed by atoms with Crippen LogP contribution in [-0.4, -0.2) is 16.1 Å². The largest absolute Gasteiger partial charge is 0.392 e. The van der Waals surface area contributed by atoms with Crippen molar-refractivity contribution < 1.29 is 15.0 Å². The summed E-state index contributed by atoms with van der Waals surface area (Å²) in [6.07, 6.45) is 1.70. The van der Waals surface area contributed by atoms with Gasteiger partial charge in [0.1, 0.15) is 0 Å². The summed E-state index contributed by atoms with van der Waals surface area (Å²) in [7, 11) is 0. The summed E-state index contributed by atoms with van der Waals surface area (Å²) in [5, 5.41) is 35.0. The Kier molecular flexibility index (Phi) is 5.55. The van der Waals surface area contributed by atoms with E-state index in [2.05, 4.69) is 28.8 Å². The number of nitrogens with one attached hydrogen (secondary N) is 2. The fraction of sp³-hybridized carbons (Fsp3) is 0.0882. The van der Waals surface area contributed by atoms with Gasteiger partial charge in [-0.3, -0.25) is 4.79 Å². The van der Waals surface area contributed by atoms with E-state index in [0.29, 0.717) is 23.2 Å². The highest BCUT2D eigenvalue weighted by atomic mass is 16.3. The van der Waals surface area contributed by atoms with E-state index in [1.807, 2.05) is 84.9 Å². The highest BCUT2D eigenvalue weighted by Crippen LogP contribution is 2.41. The fourth-order valence-corrected chi connectivity index (χ4v) is 6.02. The highest BCUT2D eigenvalue weighted by molar-refractivity contribution is 6.26. The van der Waals surface area contributed by atoms with Crippen LogP contribution in [0.25, 0.3) is 38.4 Å². The van der Waals surface area contributed by atoms with E-state index in [1.165, 1.54) is 0 Å². The summed E-state index contributed by atoms with van der Waals surface area (Å²) >= 11 is 0. The lowest BCUT2D eigenvalue weighted by molar-refractivity contribution is 0.101. The predicted molar refractivity (Wildman–Crippen MR) is 158 cm³/mol. The molecule has 0 spiro atoms. The van der Waals surface area contributed by atoms with Crippen molar-refractivity contribution in [1.29, 1.82) is 0 Å². The average molecular weight is 511 g/mol. The van der Waals surface area contributed by atoms with E-state index in [4.69, 9.17) is 0 Å². The first-order valence-corrected chi connectivity index (χ1v) is 13.1. The minimum Gasteiger partial charge on any atom is -0.392 e. The number of aliphatic hydroxyl groups is 2. The molecule has 0 aliphatic heterocycles.